The van der Waals surface area contributed by atoms with E-state index in [-0.39, 0.29) is 0 Å². The topological polar surface area (TPSA) is 77.2 Å². The molecule has 0 saturated heterocycles. The Kier molecular flexibility index (Phi) is 5.15. The summed E-state index contributed by atoms with van der Waals surface area (Å²) in [6, 6.07) is 10.6. The molecule has 0 aliphatic heterocycles. The Labute approximate surface area is 124 Å². The monoisotopic (exact) mass is 285 g/mol. The quantitative estimate of drug-likeness (QED) is 0.819. The van der Waals surface area contributed by atoms with Gasteiger partial charge in [0.25, 0.3) is 0 Å². The lowest BCUT2D eigenvalue weighted by Gasteiger charge is -2.08. The van der Waals surface area contributed by atoms with Crippen LogP contribution < -0.4 is 15.8 Å². The zero-order valence-electron chi connectivity index (χ0n) is 12.0. The summed E-state index contributed by atoms with van der Waals surface area (Å²) in [6.07, 6.45) is 2.83. The molecule has 1 aromatic heterocycles. The molecule has 5 nitrogen and oxygen atoms in total. The van der Waals surface area contributed by atoms with Gasteiger partial charge in [0.05, 0.1) is 5.69 Å². The molecule has 0 unspecified atom stereocenters. The van der Waals surface area contributed by atoms with E-state index >= 15 is 0 Å². The van der Waals surface area contributed by atoms with Crippen molar-refractivity contribution in [2.45, 2.75) is 20.0 Å². The molecule has 0 aliphatic carbocycles. The molecule has 0 aliphatic rings. The van der Waals surface area contributed by atoms with E-state index in [1.165, 1.54) is 0 Å². The number of rotatable bonds is 7. The zero-order chi connectivity index (χ0) is 15.1. The van der Waals surface area contributed by atoms with E-state index in [0.717, 1.165) is 24.3 Å². The van der Waals surface area contributed by atoms with Gasteiger partial charge in [0.2, 0.25) is 5.91 Å². The molecular weight excluding hydrogens is 266 g/mol. The summed E-state index contributed by atoms with van der Waals surface area (Å²) in [5.74, 6) is 0.228. The second kappa shape index (κ2) is 7.28. The molecule has 2 rings (SSSR count). The first-order valence-corrected chi connectivity index (χ1v) is 6.90. The van der Waals surface area contributed by atoms with Crippen molar-refractivity contribution in [3.05, 3.63) is 53.9 Å². The van der Waals surface area contributed by atoms with Crippen LogP contribution in [0.3, 0.4) is 0 Å². The zero-order valence-corrected chi connectivity index (χ0v) is 12.0. The Morgan fingerprint density at radius 1 is 1.29 bits per heavy atom. The highest BCUT2D eigenvalue weighted by atomic mass is 16.5. The van der Waals surface area contributed by atoms with Crippen molar-refractivity contribution >= 4 is 11.6 Å². The second-order valence-electron chi connectivity index (χ2n) is 4.64. The first kappa shape index (κ1) is 14.8. The maximum absolute atomic E-state index is 11.0. The van der Waals surface area contributed by atoms with Crippen LogP contribution in [0.2, 0.25) is 0 Å². The summed E-state index contributed by atoms with van der Waals surface area (Å²) in [6.45, 7) is 3.42. The predicted molar refractivity (Wildman–Crippen MR) is 82.3 cm³/mol. The lowest BCUT2D eigenvalue weighted by atomic mass is 10.2. The van der Waals surface area contributed by atoms with Crippen LogP contribution in [0.1, 0.15) is 29.4 Å². The third kappa shape index (κ3) is 4.49. The summed E-state index contributed by atoms with van der Waals surface area (Å²) >= 11 is 0. The van der Waals surface area contributed by atoms with E-state index in [0.29, 0.717) is 17.9 Å². The lowest BCUT2D eigenvalue weighted by Crippen LogP contribution is -2.10. The Balaban J connectivity index is 1.94. The Morgan fingerprint density at radius 2 is 2.05 bits per heavy atom. The smallest absolute Gasteiger partial charge is 0.248 e. The van der Waals surface area contributed by atoms with E-state index < -0.39 is 5.91 Å². The molecular formula is C16H19N3O2. The number of benzene rings is 1. The number of pyridine rings is 1. The maximum Gasteiger partial charge on any atom is 0.248 e. The number of hydrogen-bond acceptors (Lipinski definition) is 4. The fourth-order valence-electron chi connectivity index (χ4n) is 1.81. The van der Waals surface area contributed by atoms with Crippen molar-refractivity contribution in [3.63, 3.8) is 0 Å². The summed E-state index contributed by atoms with van der Waals surface area (Å²) in [5, 5.41) is 3.31. The van der Waals surface area contributed by atoms with Crippen LogP contribution in [0.4, 0.5) is 5.69 Å². The molecule has 110 valence electrons. The molecule has 0 fully saturated rings. The number of nitrogens with two attached hydrogens (primary N) is 1. The third-order valence-corrected chi connectivity index (χ3v) is 2.92. The molecule has 3 N–H and O–H groups in total. The van der Waals surface area contributed by atoms with E-state index in [1.54, 1.807) is 30.5 Å². The van der Waals surface area contributed by atoms with Crippen molar-refractivity contribution in [2.24, 2.45) is 5.73 Å². The normalized spacial score (nSPS) is 10.1. The summed E-state index contributed by atoms with van der Waals surface area (Å²) in [5.41, 5.74) is 7.53. The molecule has 1 heterocycles. The van der Waals surface area contributed by atoms with E-state index in [1.807, 2.05) is 12.1 Å². The van der Waals surface area contributed by atoms with Crippen LogP contribution in [0, 0.1) is 0 Å². The van der Waals surface area contributed by atoms with Gasteiger partial charge in [-0.3, -0.25) is 9.78 Å². The van der Waals surface area contributed by atoms with Crippen LogP contribution >= 0.6 is 0 Å². The van der Waals surface area contributed by atoms with Crippen molar-refractivity contribution in [3.8, 4) is 5.75 Å². The lowest BCUT2D eigenvalue weighted by molar-refractivity contribution is 0.1000. The number of hydrogen-bond donors (Lipinski definition) is 2. The minimum absolute atomic E-state index is 0.373. The van der Waals surface area contributed by atoms with E-state index in [4.69, 9.17) is 10.5 Å². The van der Waals surface area contributed by atoms with Gasteiger partial charge in [-0.1, -0.05) is 6.92 Å². The summed E-state index contributed by atoms with van der Waals surface area (Å²) in [7, 11) is 0. The Bertz CT molecular complexity index is 597. The van der Waals surface area contributed by atoms with Gasteiger partial charge in [0, 0.05) is 24.0 Å². The molecule has 0 bridgehead atoms. The molecule has 1 amide bonds. The Morgan fingerprint density at radius 3 is 2.71 bits per heavy atom. The third-order valence-electron chi connectivity index (χ3n) is 2.92. The van der Waals surface area contributed by atoms with Gasteiger partial charge in [-0.05, 0) is 42.8 Å². The molecule has 0 radical (unpaired) electrons. The molecule has 0 atom stereocenters. The summed E-state index contributed by atoms with van der Waals surface area (Å²) < 4.78 is 5.64. The van der Waals surface area contributed by atoms with Crippen LogP contribution in [0.25, 0.3) is 0 Å². The minimum atomic E-state index is -0.446. The SMILES string of the molecule is CCCNc1ccnc(COc2ccc(C(N)=O)cc2)c1. The fraction of sp³-hybridized carbons (Fsp3) is 0.250. The van der Waals surface area contributed by atoms with Crippen molar-refractivity contribution < 1.29 is 9.53 Å². The first-order valence-electron chi connectivity index (χ1n) is 6.90. The average molecular weight is 285 g/mol. The highest BCUT2D eigenvalue weighted by Crippen LogP contribution is 2.15. The number of anilines is 1. The molecule has 0 spiro atoms. The van der Waals surface area contributed by atoms with E-state index in [2.05, 4.69) is 17.2 Å². The highest BCUT2D eigenvalue weighted by Gasteiger charge is 2.02. The number of amides is 1. The Hall–Kier alpha value is -2.56. The largest absolute Gasteiger partial charge is 0.487 e. The number of carbonyl (C=O) groups excluding carboxylic acids is 1. The molecule has 2 aromatic rings. The van der Waals surface area contributed by atoms with Crippen LogP contribution in [0.5, 0.6) is 5.75 Å². The highest BCUT2D eigenvalue weighted by molar-refractivity contribution is 5.92. The van der Waals surface area contributed by atoms with Gasteiger partial charge in [-0.25, -0.2) is 0 Å². The van der Waals surface area contributed by atoms with Crippen molar-refractivity contribution in [1.82, 2.24) is 4.98 Å². The number of carbonyl (C=O) groups is 1. The van der Waals surface area contributed by atoms with Crippen LogP contribution in [-0.4, -0.2) is 17.4 Å². The van der Waals surface area contributed by atoms with Gasteiger partial charge in [-0.2, -0.15) is 0 Å². The van der Waals surface area contributed by atoms with Gasteiger partial charge < -0.3 is 15.8 Å². The minimum Gasteiger partial charge on any atom is -0.487 e. The molecule has 5 heteroatoms. The number of primary amides is 1. The van der Waals surface area contributed by atoms with Crippen LogP contribution in [-0.2, 0) is 6.61 Å². The second-order valence-corrected chi connectivity index (χ2v) is 4.64. The molecule has 0 saturated carbocycles. The number of nitrogens with zero attached hydrogens (tertiary/aromatic N) is 1. The molecule has 1 aromatic carbocycles. The number of ether oxygens (including phenoxy) is 1. The van der Waals surface area contributed by atoms with E-state index in [9.17, 15) is 4.79 Å². The standard InChI is InChI=1S/C16H19N3O2/c1-2-8-18-13-7-9-19-14(10-13)11-21-15-5-3-12(4-6-15)16(17)20/h3-7,9-10H,2,8,11H2,1H3,(H2,17,20)(H,18,19). The van der Waals surface area contributed by atoms with Crippen molar-refractivity contribution in [1.29, 1.82) is 0 Å². The summed E-state index contributed by atoms with van der Waals surface area (Å²) in [4.78, 5) is 15.2. The van der Waals surface area contributed by atoms with Crippen LogP contribution in [0.15, 0.2) is 42.6 Å². The van der Waals surface area contributed by atoms with Gasteiger partial charge in [0.15, 0.2) is 0 Å². The first-order chi connectivity index (χ1) is 10.2. The molecule has 21 heavy (non-hydrogen) atoms. The average Bonchev–Trinajstić information content (AvgIpc) is 2.52. The van der Waals surface area contributed by atoms with Crippen molar-refractivity contribution in [2.75, 3.05) is 11.9 Å². The number of aromatic nitrogens is 1. The van der Waals surface area contributed by atoms with Gasteiger partial charge in [0.1, 0.15) is 12.4 Å². The van der Waals surface area contributed by atoms with Gasteiger partial charge >= 0.3 is 0 Å². The predicted octanol–water partition coefficient (Wildman–Crippen LogP) is 2.58. The fourth-order valence-corrected chi connectivity index (χ4v) is 1.81. The number of nitrogens with one attached hydrogen (secondary N) is 1. The maximum atomic E-state index is 11.0. The van der Waals surface area contributed by atoms with Gasteiger partial charge in [-0.15, -0.1) is 0 Å².